The lowest BCUT2D eigenvalue weighted by atomic mass is 9.79. The van der Waals surface area contributed by atoms with Crippen LogP contribution >= 0.6 is 0 Å². The maximum atomic E-state index is 11.7. The summed E-state index contributed by atoms with van der Waals surface area (Å²) in [6.07, 6.45) is 1.31. The summed E-state index contributed by atoms with van der Waals surface area (Å²) in [5.41, 5.74) is 5.00. The van der Waals surface area contributed by atoms with E-state index in [9.17, 15) is 4.79 Å². The Hall–Kier alpha value is -1.30. The van der Waals surface area contributed by atoms with Crippen molar-refractivity contribution in [1.82, 2.24) is 9.80 Å². The van der Waals surface area contributed by atoms with Gasteiger partial charge in [-0.15, -0.1) is 0 Å². The highest BCUT2D eigenvalue weighted by atomic mass is 16.5. The lowest BCUT2D eigenvalue weighted by molar-refractivity contribution is -0.132. The molecular formula is C12H24N4O2. The van der Waals surface area contributed by atoms with Gasteiger partial charge in [-0.2, -0.15) is 0 Å². The first-order valence-corrected chi connectivity index (χ1v) is 6.16. The van der Waals surface area contributed by atoms with Crippen molar-refractivity contribution in [2.45, 2.75) is 12.8 Å². The smallest absolute Gasteiger partial charge is 0.225 e. The molecule has 18 heavy (non-hydrogen) atoms. The number of hydrogen-bond donors (Lipinski definition) is 1. The number of nitrogens with two attached hydrogens (primary N) is 1. The highest BCUT2D eigenvalue weighted by molar-refractivity contribution is 5.83. The Labute approximate surface area is 109 Å². The van der Waals surface area contributed by atoms with Gasteiger partial charge in [-0.05, 0) is 12.8 Å². The number of carbonyl (C=O) groups is 1. The van der Waals surface area contributed by atoms with Gasteiger partial charge in [0.1, 0.15) is 0 Å². The van der Waals surface area contributed by atoms with Crippen LogP contribution in [0.4, 0.5) is 0 Å². The Bertz CT molecular complexity index is 310. The van der Waals surface area contributed by atoms with Crippen LogP contribution in [-0.2, 0) is 9.53 Å². The summed E-state index contributed by atoms with van der Waals surface area (Å²) >= 11 is 0. The number of amides is 1. The first-order chi connectivity index (χ1) is 8.39. The maximum Gasteiger partial charge on any atom is 0.225 e. The summed E-state index contributed by atoms with van der Waals surface area (Å²) in [6.45, 7) is 1.59. The third-order valence-corrected chi connectivity index (χ3v) is 3.30. The SMILES string of the molecule is CN(C)C(=NCC1(C(N)=O)CCOCC1)N(C)C. The zero-order chi connectivity index (χ0) is 13.8. The number of rotatable bonds is 3. The summed E-state index contributed by atoms with van der Waals surface area (Å²) < 4.78 is 5.30. The van der Waals surface area contributed by atoms with Crippen molar-refractivity contribution in [3.63, 3.8) is 0 Å². The van der Waals surface area contributed by atoms with Gasteiger partial charge in [-0.1, -0.05) is 0 Å². The molecule has 0 aromatic carbocycles. The summed E-state index contributed by atoms with van der Waals surface area (Å²) in [5.74, 6) is 0.563. The molecule has 0 aromatic rings. The van der Waals surface area contributed by atoms with Crippen molar-refractivity contribution < 1.29 is 9.53 Å². The number of aliphatic imine (C=N–C) groups is 1. The van der Waals surface area contributed by atoms with E-state index in [2.05, 4.69) is 4.99 Å². The van der Waals surface area contributed by atoms with Gasteiger partial charge in [-0.25, -0.2) is 0 Å². The van der Waals surface area contributed by atoms with E-state index in [0.29, 0.717) is 32.6 Å². The molecule has 0 unspecified atom stereocenters. The van der Waals surface area contributed by atoms with Gasteiger partial charge >= 0.3 is 0 Å². The molecule has 1 amide bonds. The van der Waals surface area contributed by atoms with Gasteiger partial charge in [0.25, 0.3) is 0 Å². The quantitative estimate of drug-likeness (QED) is 0.558. The Balaban J connectivity index is 2.84. The second-order valence-corrected chi connectivity index (χ2v) is 5.16. The second kappa shape index (κ2) is 6.04. The van der Waals surface area contributed by atoms with Crippen LogP contribution in [0.2, 0.25) is 0 Å². The third kappa shape index (κ3) is 3.35. The van der Waals surface area contributed by atoms with Crippen molar-refractivity contribution in [1.29, 1.82) is 0 Å². The first kappa shape index (κ1) is 14.8. The standard InChI is InChI=1S/C12H24N4O2/c1-15(2)11(16(3)4)14-9-12(10(13)17)5-7-18-8-6-12/h5-9H2,1-4H3,(H2,13,17). The maximum absolute atomic E-state index is 11.7. The Kier molecular flexibility index (Phi) is 4.95. The van der Waals surface area contributed by atoms with E-state index in [1.54, 1.807) is 0 Å². The van der Waals surface area contributed by atoms with E-state index in [0.717, 1.165) is 5.96 Å². The van der Waals surface area contributed by atoms with Crippen molar-refractivity contribution in [2.24, 2.45) is 16.1 Å². The average Bonchev–Trinajstić information content (AvgIpc) is 2.29. The lowest BCUT2D eigenvalue weighted by Crippen LogP contribution is -2.45. The molecule has 1 saturated heterocycles. The Morgan fingerprint density at radius 3 is 2.11 bits per heavy atom. The zero-order valence-corrected chi connectivity index (χ0v) is 11.8. The minimum absolute atomic E-state index is 0.272. The summed E-state index contributed by atoms with van der Waals surface area (Å²) in [7, 11) is 7.72. The first-order valence-electron chi connectivity index (χ1n) is 6.16. The van der Waals surface area contributed by atoms with Crippen molar-refractivity contribution in [3.8, 4) is 0 Å². The molecule has 1 aliphatic rings. The van der Waals surface area contributed by atoms with Crippen LogP contribution in [0.3, 0.4) is 0 Å². The second-order valence-electron chi connectivity index (χ2n) is 5.16. The van der Waals surface area contributed by atoms with E-state index in [-0.39, 0.29) is 5.91 Å². The minimum atomic E-state index is -0.546. The number of guanidine groups is 1. The van der Waals surface area contributed by atoms with Crippen molar-refractivity contribution in [2.75, 3.05) is 47.9 Å². The topological polar surface area (TPSA) is 71.2 Å². The van der Waals surface area contributed by atoms with Gasteiger partial charge in [0.05, 0.1) is 12.0 Å². The predicted molar refractivity (Wildman–Crippen MR) is 71.4 cm³/mol. The monoisotopic (exact) mass is 256 g/mol. The van der Waals surface area contributed by atoms with Crippen LogP contribution in [0.5, 0.6) is 0 Å². The summed E-state index contributed by atoms with van der Waals surface area (Å²) in [4.78, 5) is 20.1. The lowest BCUT2D eigenvalue weighted by Gasteiger charge is -2.33. The Morgan fingerprint density at radius 1 is 1.22 bits per heavy atom. The molecule has 0 radical (unpaired) electrons. The number of ether oxygens (including phenoxy) is 1. The fourth-order valence-electron chi connectivity index (χ4n) is 2.15. The largest absolute Gasteiger partial charge is 0.381 e. The molecular weight excluding hydrogens is 232 g/mol. The summed E-state index contributed by atoms with van der Waals surface area (Å²) in [5, 5.41) is 0. The van der Waals surface area contributed by atoms with Gasteiger partial charge < -0.3 is 20.3 Å². The van der Waals surface area contributed by atoms with E-state index >= 15 is 0 Å². The molecule has 6 nitrogen and oxygen atoms in total. The average molecular weight is 256 g/mol. The van der Waals surface area contributed by atoms with Crippen LogP contribution in [-0.4, -0.2) is 69.6 Å². The van der Waals surface area contributed by atoms with Crippen LogP contribution in [0.25, 0.3) is 0 Å². The molecule has 1 aliphatic heterocycles. The van der Waals surface area contributed by atoms with Crippen LogP contribution in [0, 0.1) is 5.41 Å². The molecule has 1 fully saturated rings. The number of hydrogen-bond acceptors (Lipinski definition) is 3. The number of nitrogens with zero attached hydrogens (tertiary/aromatic N) is 3. The number of primary amides is 1. The van der Waals surface area contributed by atoms with E-state index in [1.807, 2.05) is 38.0 Å². The van der Waals surface area contributed by atoms with Gasteiger partial charge in [-0.3, -0.25) is 9.79 Å². The molecule has 2 N–H and O–H groups in total. The molecule has 1 heterocycles. The number of carbonyl (C=O) groups excluding carboxylic acids is 1. The molecule has 0 spiro atoms. The zero-order valence-electron chi connectivity index (χ0n) is 11.8. The molecule has 6 heteroatoms. The molecule has 104 valence electrons. The minimum Gasteiger partial charge on any atom is -0.381 e. The molecule has 0 saturated carbocycles. The van der Waals surface area contributed by atoms with Crippen molar-refractivity contribution >= 4 is 11.9 Å². The predicted octanol–water partition coefficient (Wildman–Crippen LogP) is -0.252. The highest BCUT2D eigenvalue weighted by Crippen LogP contribution is 2.30. The van der Waals surface area contributed by atoms with Crippen molar-refractivity contribution in [3.05, 3.63) is 0 Å². The third-order valence-electron chi connectivity index (χ3n) is 3.30. The van der Waals surface area contributed by atoms with Gasteiger partial charge in [0, 0.05) is 41.4 Å². The molecule has 0 aromatic heterocycles. The molecule has 1 rings (SSSR count). The van der Waals surface area contributed by atoms with E-state index in [1.165, 1.54) is 0 Å². The van der Waals surface area contributed by atoms with Gasteiger partial charge in [0.15, 0.2) is 5.96 Å². The molecule has 0 aliphatic carbocycles. The van der Waals surface area contributed by atoms with Crippen LogP contribution in [0.1, 0.15) is 12.8 Å². The van der Waals surface area contributed by atoms with E-state index in [4.69, 9.17) is 10.5 Å². The fraction of sp³-hybridized carbons (Fsp3) is 0.833. The van der Waals surface area contributed by atoms with Crippen LogP contribution in [0.15, 0.2) is 4.99 Å². The van der Waals surface area contributed by atoms with Crippen LogP contribution < -0.4 is 5.73 Å². The normalized spacial score (nSPS) is 18.0. The molecule has 0 bridgehead atoms. The Morgan fingerprint density at radius 2 is 1.72 bits per heavy atom. The van der Waals surface area contributed by atoms with E-state index < -0.39 is 5.41 Å². The fourth-order valence-corrected chi connectivity index (χ4v) is 2.15. The van der Waals surface area contributed by atoms with Gasteiger partial charge in [0.2, 0.25) is 5.91 Å². The summed E-state index contributed by atoms with van der Waals surface area (Å²) in [6, 6.07) is 0. The molecule has 0 atom stereocenters. The highest BCUT2D eigenvalue weighted by Gasteiger charge is 2.38.